The smallest absolute Gasteiger partial charge is 0.226 e. The number of carbonyl (C=O) groups excluding carboxylic acids is 1. The molecule has 1 heterocycles. The van der Waals surface area contributed by atoms with Crippen LogP contribution in [-0.2, 0) is 37.3 Å². The van der Waals surface area contributed by atoms with Crippen LogP contribution >= 0.6 is 35.4 Å². The summed E-state index contributed by atoms with van der Waals surface area (Å²) < 4.78 is 13.3. The molecule has 0 aliphatic carbocycles. The molecule has 0 fully saturated rings. The number of aromatic nitrogens is 2. The number of carbonyl (C=O) groups is 1. The van der Waals surface area contributed by atoms with Gasteiger partial charge in [0, 0.05) is 37.2 Å². The molecule has 6 rings (SSSR count). The number of rotatable bonds is 16. The molecular weight excluding hydrogens is 763 g/mol. The predicted octanol–water partition coefficient (Wildman–Crippen LogP) is 8.87. The minimum Gasteiger partial charge on any atom is -0.497 e. The Bertz CT molecular complexity index is 2260. The van der Waals surface area contributed by atoms with Crippen LogP contribution in [0.1, 0.15) is 33.5 Å². The molecule has 12 heteroatoms. The van der Waals surface area contributed by atoms with Gasteiger partial charge in [-0.05, 0) is 95.5 Å². The Morgan fingerprint density at radius 3 is 2.32 bits per heavy atom. The van der Waals surface area contributed by atoms with Crippen LogP contribution < -0.4 is 20.1 Å². The fraction of sp³-hybridized carbons (Fsp3) is 0.182. The molecule has 1 aromatic heterocycles. The second kappa shape index (κ2) is 19.6. The Kier molecular flexibility index (Phi) is 14.0. The van der Waals surface area contributed by atoms with E-state index in [1.165, 1.54) is 0 Å². The van der Waals surface area contributed by atoms with Gasteiger partial charge in [-0.3, -0.25) is 4.79 Å². The van der Waals surface area contributed by atoms with Crippen LogP contribution in [0.3, 0.4) is 0 Å². The van der Waals surface area contributed by atoms with Crippen molar-refractivity contribution >= 4 is 52.1 Å². The molecule has 0 bridgehead atoms. The Morgan fingerprint density at radius 1 is 0.893 bits per heavy atom. The molecule has 5 aromatic carbocycles. The number of halogens is 2. The molecule has 1 amide bonds. The second-order valence-electron chi connectivity index (χ2n) is 13.1. The summed E-state index contributed by atoms with van der Waals surface area (Å²) in [6.45, 7) is 1.64. The third kappa shape index (κ3) is 11.3. The summed E-state index contributed by atoms with van der Waals surface area (Å²) >= 11 is 19.1. The summed E-state index contributed by atoms with van der Waals surface area (Å²) in [5.74, 6) is 1.30. The number of hydrogen-bond donors (Lipinski definition) is 2. The molecule has 0 spiro atoms. The Balaban J connectivity index is 1.23. The molecule has 9 nitrogen and oxygen atoms in total. The van der Waals surface area contributed by atoms with Gasteiger partial charge in [-0.25, -0.2) is 4.98 Å². The molecule has 0 aliphatic rings. The summed E-state index contributed by atoms with van der Waals surface area (Å²) in [7, 11) is 1.62. The van der Waals surface area contributed by atoms with Gasteiger partial charge in [-0.2, -0.15) is 5.26 Å². The van der Waals surface area contributed by atoms with Crippen molar-refractivity contribution in [1.29, 1.82) is 5.26 Å². The van der Waals surface area contributed by atoms with E-state index in [2.05, 4.69) is 21.7 Å². The highest BCUT2D eigenvalue weighted by molar-refractivity contribution is 7.80. The topological polar surface area (TPSA) is 104 Å². The highest BCUT2D eigenvalue weighted by atomic mass is 35.5. The number of nitrogens with one attached hydrogen (secondary N) is 2. The lowest BCUT2D eigenvalue weighted by molar-refractivity contribution is -0.121. The van der Waals surface area contributed by atoms with Crippen LogP contribution in [0, 0.1) is 11.3 Å². The van der Waals surface area contributed by atoms with Crippen molar-refractivity contribution in [3.63, 3.8) is 0 Å². The molecule has 1 atom stereocenters. The average molecular weight is 804 g/mol. The van der Waals surface area contributed by atoms with Gasteiger partial charge < -0.3 is 29.6 Å². The van der Waals surface area contributed by atoms with E-state index in [-0.39, 0.29) is 18.4 Å². The Labute approximate surface area is 342 Å². The molecular formula is C44H40Cl2N6O3S. The number of methoxy groups -OCH3 is 1. The number of hydrogen-bond acceptors (Lipinski definition) is 6. The normalized spacial score (nSPS) is 11.2. The van der Waals surface area contributed by atoms with E-state index in [9.17, 15) is 10.1 Å². The van der Waals surface area contributed by atoms with Crippen molar-refractivity contribution in [3.8, 4) is 17.6 Å². The van der Waals surface area contributed by atoms with Gasteiger partial charge >= 0.3 is 0 Å². The van der Waals surface area contributed by atoms with Crippen LogP contribution in [0.2, 0.25) is 10.0 Å². The zero-order chi connectivity index (χ0) is 39.3. The lowest BCUT2D eigenvalue weighted by Gasteiger charge is -2.31. The zero-order valence-corrected chi connectivity index (χ0v) is 33.0. The molecule has 56 heavy (non-hydrogen) atoms. The fourth-order valence-electron chi connectivity index (χ4n) is 6.11. The first-order chi connectivity index (χ1) is 27.3. The van der Waals surface area contributed by atoms with E-state index >= 15 is 0 Å². The standard InChI is InChI=1S/C44H40Cl2N6O3S/c1-54-39-20-16-36(17-21-39)50-44(56)51(27-35-8-5-9-41(45)43(35)46)28-37(22-31-14-18-40(19-15-31)55-29-34-6-3-2-4-7-34)49-42(53)23-38-25-48-30-52(38)26-33-12-10-32(24-47)11-13-33/h2-21,25,30,37H,22-23,26-29H2,1H3,(H,49,53)(H,50,56)/t37-/m0/s1. The van der Waals surface area contributed by atoms with E-state index in [0.717, 1.165) is 45.1 Å². The first-order valence-electron chi connectivity index (χ1n) is 17.9. The van der Waals surface area contributed by atoms with Crippen LogP contribution in [0.4, 0.5) is 5.69 Å². The summed E-state index contributed by atoms with van der Waals surface area (Å²) in [5.41, 5.74) is 5.98. The largest absolute Gasteiger partial charge is 0.497 e. The molecule has 6 aromatic rings. The van der Waals surface area contributed by atoms with Crippen molar-refractivity contribution in [2.24, 2.45) is 0 Å². The number of amides is 1. The van der Waals surface area contributed by atoms with Gasteiger partial charge in [0.1, 0.15) is 18.1 Å². The number of benzene rings is 5. The number of imidazole rings is 1. The summed E-state index contributed by atoms with van der Waals surface area (Å²) in [6.07, 6.45) is 4.01. The Morgan fingerprint density at radius 2 is 1.61 bits per heavy atom. The van der Waals surface area contributed by atoms with Crippen LogP contribution in [0.15, 0.2) is 134 Å². The van der Waals surface area contributed by atoms with Crippen molar-refractivity contribution in [2.45, 2.75) is 38.6 Å². The summed E-state index contributed by atoms with van der Waals surface area (Å²) in [4.78, 5) is 20.2. The maximum atomic E-state index is 13.9. The molecule has 2 N–H and O–H groups in total. The minimum atomic E-state index is -0.387. The molecule has 0 saturated heterocycles. The van der Waals surface area contributed by atoms with Crippen molar-refractivity contribution in [2.75, 3.05) is 19.0 Å². The predicted molar refractivity (Wildman–Crippen MR) is 225 cm³/mol. The van der Waals surface area contributed by atoms with Crippen molar-refractivity contribution in [3.05, 3.63) is 177 Å². The fourth-order valence-corrected chi connectivity index (χ4v) is 6.75. The second-order valence-corrected chi connectivity index (χ2v) is 14.3. The van der Waals surface area contributed by atoms with Gasteiger partial charge in [0.15, 0.2) is 5.11 Å². The number of thiocarbonyl (C=S) groups is 1. The summed E-state index contributed by atoms with van der Waals surface area (Å²) in [6, 6.07) is 40.0. The molecule has 0 radical (unpaired) electrons. The number of anilines is 1. The van der Waals surface area contributed by atoms with Gasteiger partial charge in [0.2, 0.25) is 5.91 Å². The monoisotopic (exact) mass is 802 g/mol. The highest BCUT2D eigenvalue weighted by Gasteiger charge is 2.22. The lowest BCUT2D eigenvalue weighted by Crippen LogP contribution is -2.48. The summed E-state index contributed by atoms with van der Waals surface area (Å²) in [5, 5.41) is 17.1. The van der Waals surface area contributed by atoms with Crippen LogP contribution in [-0.4, -0.2) is 45.2 Å². The van der Waals surface area contributed by atoms with Crippen molar-refractivity contribution < 1.29 is 14.3 Å². The third-order valence-electron chi connectivity index (χ3n) is 9.06. The third-order valence-corrected chi connectivity index (χ3v) is 10.3. The van der Waals surface area contributed by atoms with E-state index in [4.69, 9.17) is 44.9 Å². The van der Waals surface area contributed by atoms with E-state index in [1.54, 1.807) is 37.8 Å². The van der Waals surface area contributed by atoms with Crippen LogP contribution in [0.5, 0.6) is 11.5 Å². The van der Waals surface area contributed by atoms with Gasteiger partial charge in [0.25, 0.3) is 0 Å². The Hall–Kier alpha value is -5.86. The molecule has 284 valence electrons. The number of nitriles is 1. The zero-order valence-electron chi connectivity index (χ0n) is 30.7. The molecule has 0 saturated carbocycles. The highest BCUT2D eigenvalue weighted by Crippen LogP contribution is 2.27. The van der Waals surface area contributed by atoms with E-state index in [0.29, 0.717) is 53.4 Å². The minimum absolute atomic E-state index is 0.105. The number of ether oxygens (including phenoxy) is 2. The molecule has 0 aliphatic heterocycles. The average Bonchev–Trinajstić information content (AvgIpc) is 3.65. The van der Waals surface area contributed by atoms with E-state index in [1.807, 2.05) is 113 Å². The quantitative estimate of drug-likeness (QED) is 0.0937. The van der Waals surface area contributed by atoms with Gasteiger partial charge in [-0.1, -0.05) is 89.9 Å². The SMILES string of the molecule is COc1ccc(NC(=S)N(Cc2cccc(Cl)c2Cl)C[C@H](Cc2ccc(OCc3ccccc3)cc2)NC(=O)Cc2cncn2Cc2ccc(C#N)cc2)cc1. The van der Waals surface area contributed by atoms with Gasteiger partial charge in [-0.15, -0.1) is 0 Å². The van der Waals surface area contributed by atoms with Crippen molar-refractivity contribution in [1.82, 2.24) is 19.8 Å². The maximum absolute atomic E-state index is 13.9. The molecule has 0 unspecified atom stereocenters. The first-order valence-corrected chi connectivity index (χ1v) is 19.1. The first kappa shape index (κ1) is 39.8. The van der Waals surface area contributed by atoms with Crippen LogP contribution in [0.25, 0.3) is 0 Å². The lowest BCUT2D eigenvalue weighted by atomic mass is 10.0. The maximum Gasteiger partial charge on any atom is 0.226 e. The van der Waals surface area contributed by atoms with Gasteiger partial charge in [0.05, 0.1) is 47.6 Å². The van der Waals surface area contributed by atoms with E-state index < -0.39 is 0 Å². The number of nitrogens with zero attached hydrogens (tertiary/aromatic N) is 4.